The van der Waals surface area contributed by atoms with Crippen LogP contribution in [0.25, 0.3) is 5.95 Å². The number of hydrogen-bond donors (Lipinski definition) is 3. The van der Waals surface area contributed by atoms with Gasteiger partial charge in [-0.3, -0.25) is 19.4 Å². The lowest BCUT2D eigenvalue weighted by molar-refractivity contribution is -0.136. The molecule has 0 aliphatic heterocycles. The van der Waals surface area contributed by atoms with Gasteiger partial charge in [-0.1, -0.05) is 25.1 Å². The fraction of sp³-hybridized carbons (Fsp3) is 0.318. The third kappa shape index (κ3) is 5.02. The summed E-state index contributed by atoms with van der Waals surface area (Å²) in [5, 5.41) is 9.40. The van der Waals surface area contributed by atoms with Crippen molar-refractivity contribution in [1.82, 2.24) is 25.1 Å². The highest BCUT2D eigenvalue weighted by atomic mass is 16.5. The number of aromatic amines is 1. The summed E-state index contributed by atoms with van der Waals surface area (Å²) in [6.07, 6.45) is 1.06. The number of amides is 2. The quantitative estimate of drug-likeness (QED) is 0.479. The minimum atomic E-state index is -0.851. The smallest absolute Gasteiger partial charge is 0.314 e. The maximum Gasteiger partial charge on any atom is 0.314 e. The van der Waals surface area contributed by atoms with Gasteiger partial charge in [-0.2, -0.15) is 9.78 Å². The number of H-pyrrole nitrogens is 1. The Morgan fingerprint density at radius 1 is 1.19 bits per heavy atom. The highest BCUT2D eigenvalue weighted by molar-refractivity contribution is 6.39. The molecule has 0 fully saturated rings. The number of anilines is 1. The molecule has 3 rings (SSSR count). The molecule has 0 aliphatic rings. The number of para-hydroxylation sites is 1. The van der Waals surface area contributed by atoms with E-state index < -0.39 is 11.8 Å². The minimum Gasteiger partial charge on any atom is -0.496 e. The van der Waals surface area contributed by atoms with Crippen LogP contribution < -0.4 is 20.9 Å². The summed E-state index contributed by atoms with van der Waals surface area (Å²) in [4.78, 5) is 44.1. The molecular formula is C22H26N6O4. The van der Waals surface area contributed by atoms with Crippen LogP contribution in [0, 0.1) is 13.8 Å². The van der Waals surface area contributed by atoms with E-state index in [1.165, 1.54) is 4.68 Å². The van der Waals surface area contributed by atoms with Crippen molar-refractivity contribution in [3.05, 3.63) is 63.2 Å². The number of carbonyl (C=O) groups excluding carboxylic acids is 2. The molecule has 0 bridgehead atoms. The lowest BCUT2D eigenvalue weighted by Crippen LogP contribution is -2.37. The van der Waals surface area contributed by atoms with Crippen molar-refractivity contribution in [2.75, 3.05) is 19.0 Å². The van der Waals surface area contributed by atoms with Gasteiger partial charge < -0.3 is 15.4 Å². The molecule has 0 unspecified atom stereocenters. The molecule has 10 heteroatoms. The molecule has 2 amide bonds. The van der Waals surface area contributed by atoms with Gasteiger partial charge in [0.1, 0.15) is 11.6 Å². The zero-order valence-corrected chi connectivity index (χ0v) is 18.5. The molecule has 0 spiro atoms. The first-order valence-electron chi connectivity index (χ1n) is 10.2. The zero-order valence-electron chi connectivity index (χ0n) is 18.5. The van der Waals surface area contributed by atoms with E-state index in [-0.39, 0.29) is 23.9 Å². The van der Waals surface area contributed by atoms with Gasteiger partial charge in [0.15, 0.2) is 0 Å². The number of methoxy groups -OCH3 is 1. The van der Waals surface area contributed by atoms with E-state index >= 15 is 0 Å². The maximum atomic E-state index is 12.4. The van der Waals surface area contributed by atoms with E-state index in [0.717, 1.165) is 11.3 Å². The van der Waals surface area contributed by atoms with E-state index in [4.69, 9.17) is 4.74 Å². The number of nitrogens with one attached hydrogen (secondary N) is 3. The number of aromatic nitrogens is 4. The summed E-state index contributed by atoms with van der Waals surface area (Å²) in [6, 6.07) is 9.05. The Hall–Kier alpha value is -3.95. The average Bonchev–Trinajstić information content (AvgIpc) is 3.13. The molecule has 168 valence electrons. The van der Waals surface area contributed by atoms with Crippen LogP contribution in [0.3, 0.4) is 0 Å². The standard InChI is InChI=1S/C22H26N6O4/c1-5-16-14(3)24-22(26-19(16)29)28-18(12-13(2)27-28)25-21(31)20(30)23-11-10-15-8-6-7-9-17(15)32-4/h6-9,12H,5,10-11H2,1-4H3,(H,23,30)(H,25,31)(H,24,26,29). The van der Waals surface area contributed by atoms with Crippen LogP contribution in [-0.2, 0) is 22.4 Å². The van der Waals surface area contributed by atoms with Gasteiger partial charge in [0.25, 0.3) is 5.56 Å². The normalized spacial score (nSPS) is 10.6. The summed E-state index contributed by atoms with van der Waals surface area (Å²) in [7, 11) is 1.58. The zero-order chi connectivity index (χ0) is 23.3. The van der Waals surface area contributed by atoms with Crippen LogP contribution in [0.4, 0.5) is 5.82 Å². The van der Waals surface area contributed by atoms with Crippen LogP contribution in [0.5, 0.6) is 5.75 Å². The first-order chi connectivity index (χ1) is 15.3. The van der Waals surface area contributed by atoms with Gasteiger partial charge in [0, 0.05) is 23.9 Å². The number of hydrogen-bond acceptors (Lipinski definition) is 6. The van der Waals surface area contributed by atoms with Crippen LogP contribution in [0.2, 0.25) is 0 Å². The Bertz CT molecular complexity index is 1200. The van der Waals surface area contributed by atoms with Gasteiger partial charge in [0.2, 0.25) is 5.95 Å². The predicted molar refractivity (Wildman–Crippen MR) is 119 cm³/mol. The molecule has 3 aromatic rings. The molecule has 2 heterocycles. The van der Waals surface area contributed by atoms with Gasteiger partial charge >= 0.3 is 11.8 Å². The molecule has 0 aliphatic carbocycles. The first-order valence-corrected chi connectivity index (χ1v) is 10.2. The van der Waals surface area contributed by atoms with Gasteiger partial charge in [-0.05, 0) is 38.3 Å². The van der Waals surface area contributed by atoms with Gasteiger partial charge in [0.05, 0.1) is 12.8 Å². The Balaban J connectivity index is 1.69. The second-order valence-corrected chi connectivity index (χ2v) is 7.16. The van der Waals surface area contributed by atoms with Crippen molar-refractivity contribution < 1.29 is 14.3 Å². The van der Waals surface area contributed by atoms with Crippen molar-refractivity contribution in [2.45, 2.75) is 33.6 Å². The van der Waals surface area contributed by atoms with E-state index in [1.54, 1.807) is 27.0 Å². The number of ether oxygens (including phenoxy) is 1. The molecular weight excluding hydrogens is 412 g/mol. The maximum absolute atomic E-state index is 12.4. The third-order valence-electron chi connectivity index (χ3n) is 4.92. The molecule has 1 aromatic carbocycles. The summed E-state index contributed by atoms with van der Waals surface area (Å²) in [5.74, 6) is -0.542. The van der Waals surface area contributed by atoms with E-state index in [1.807, 2.05) is 31.2 Å². The van der Waals surface area contributed by atoms with Crippen LogP contribution in [0.15, 0.2) is 35.1 Å². The SMILES string of the molecule is CCc1c(C)nc(-n2nc(C)cc2NC(=O)C(=O)NCCc2ccccc2OC)[nH]c1=O. The molecule has 0 saturated heterocycles. The first kappa shape index (κ1) is 22.7. The van der Waals surface area contributed by atoms with Gasteiger partial charge in [-0.25, -0.2) is 4.98 Å². The topological polar surface area (TPSA) is 131 Å². The molecule has 0 saturated carbocycles. The summed E-state index contributed by atoms with van der Waals surface area (Å²) < 4.78 is 6.58. The summed E-state index contributed by atoms with van der Waals surface area (Å²) >= 11 is 0. The lowest BCUT2D eigenvalue weighted by atomic mass is 10.1. The Labute approximate surface area is 185 Å². The second kappa shape index (κ2) is 9.90. The minimum absolute atomic E-state index is 0.157. The van der Waals surface area contributed by atoms with Crippen molar-refractivity contribution in [3.8, 4) is 11.7 Å². The molecule has 0 radical (unpaired) electrons. The number of nitrogens with zero attached hydrogens (tertiary/aromatic N) is 3. The van der Waals surface area contributed by atoms with E-state index in [9.17, 15) is 14.4 Å². The Morgan fingerprint density at radius 2 is 1.94 bits per heavy atom. The predicted octanol–water partition coefficient (Wildman–Crippen LogP) is 1.44. The van der Waals surface area contributed by atoms with Crippen molar-refractivity contribution >= 4 is 17.6 Å². The Morgan fingerprint density at radius 3 is 2.62 bits per heavy atom. The van der Waals surface area contributed by atoms with E-state index in [0.29, 0.717) is 29.8 Å². The number of benzene rings is 1. The van der Waals surface area contributed by atoms with Gasteiger partial charge in [-0.15, -0.1) is 0 Å². The number of carbonyl (C=O) groups is 2. The van der Waals surface area contributed by atoms with Crippen LogP contribution in [-0.4, -0.2) is 45.2 Å². The second-order valence-electron chi connectivity index (χ2n) is 7.16. The molecule has 32 heavy (non-hydrogen) atoms. The molecule has 3 N–H and O–H groups in total. The van der Waals surface area contributed by atoms with Crippen molar-refractivity contribution in [3.63, 3.8) is 0 Å². The summed E-state index contributed by atoms with van der Waals surface area (Å²) in [5.41, 5.74) is 2.39. The lowest BCUT2D eigenvalue weighted by Gasteiger charge is -2.11. The highest BCUT2D eigenvalue weighted by Crippen LogP contribution is 2.17. The highest BCUT2D eigenvalue weighted by Gasteiger charge is 2.19. The van der Waals surface area contributed by atoms with Crippen LogP contribution in [0.1, 0.15) is 29.4 Å². The number of rotatable bonds is 7. The fourth-order valence-electron chi connectivity index (χ4n) is 3.34. The Kier molecular flexibility index (Phi) is 7.04. The van der Waals surface area contributed by atoms with Crippen molar-refractivity contribution in [2.24, 2.45) is 0 Å². The van der Waals surface area contributed by atoms with Crippen molar-refractivity contribution in [1.29, 1.82) is 0 Å². The summed E-state index contributed by atoms with van der Waals surface area (Å²) in [6.45, 7) is 5.60. The molecule has 2 aromatic heterocycles. The largest absolute Gasteiger partial charge is 0.496 e. The van der Waals surface area contributed by atoms with E-state index in [2.05, 4.69) is 25.7 Å². The van der Waals surface area contributed by atoms with Crippen LogP contribution >= 0.6 is 0 Å². The number of aryl methyl sites for hydroxylation is 2. The monoisotopic (exact) mass is 438 g/mol. The molecule has 10 nitrogen and oxygen atoms in total. The average molecular weight is 438 g/mol. The fourth-order valence-corrected chi connectivity index (χ4v) is 3.34. The third-order valence-corrected chi connectivity index (χ3v) is 4.92. The molecule has 0 atom stereocenters.